The van der Waals surface area contributed by atoms with Crippen molar-refractivity contribution in [1.29, 1.82) is 0 Å². The van der Waals surface area contributed by atoms with E-state index >= 15 is 0 Å². The van der Waals surface area contributed by atoms with E-state index in [1.807, 2.05) is 18.3 Å². The minimum atomic E-state index is 0.203. The molecule has 0 bridgehead atoms. The monoisotopic (exact) mass is 331 g/mol. The molecule has 3 nitrogen and oxygen atoms in total. The highest BCUT2D eigenvalue weighted by Crippen LogP contribution is 2.34. The molecule has 0 saturated heterocycles. The first-order valence-corrected chi connectivity index (χ1v) is 8.66. The van der Waals surface area contributed by atoms with Gasteiger partial charge in [0, 0.05) is 9.58 Å². The Labute approximate surface area is 139 Å². The van der Waals surface area contributed by atoms with Gasteiger partial charge in [0.15, 0.2) is 0 Å². The van der Waals surface area contributed by atoms with Gasteiger partial charge >= 0.3 is 0 Å². The summed E-state index contributed by atoms with van der Waals surface area (Å²) in [6.07, 6.45) is 3.34. The van der Waals surface area contributed by atoms with E-state index in [1.54, 1.807) is 6.33 Å². The van der Waals surface area contributed by atoms with Crippen LogP contribution in [-0.2, 0) is 6.42 Å². The average Bonchev–Trinajstić information content (AvgIpc) is 2.97. The molecule has 1 atom stereocenters. The summed E-state index contributed by atoms with van der Waals surface area (Å²) in [6, 6.07) is 10.9. The van der Waals surface area contributed by atoms with E-state index in [9.17, 15) is 0 Å². The fourth-order valence-corrected chi connectivity index (χ4v) is 3.95. The lowest BCUT2D eigenvalue weighted by atomic mass is 10.1. The molecule has 0 aliphatic heterocycles. The number of fused-ring (bicyclic) bond motifs is 1. The lowest BCUT2D eigenvalue weighted by Crippen LogP contribution is -2.10. The molecule has 0 saturated carbocycles. The van der Waals surface area contributed by atoms with Crippen molar-refractivity contribution in [2.75, 3.05) is 5.32 Å². The SMILES string of the molecule is CCc1ncnc(NC(CC)c2cc3ccccc3s2)c1Cl. The van der Waals surface area contributed by atoms with Gasteiger partial charge in [0.1, 0.15) is 17.2 Å². The Morgan fingerprint density at radius 2 is 2.05 bits per heavy atom. The van der Waals surface area contributed by atoms with Crippen molar-refractivity contribution in [1.82, 2.24) is 9.97 Å². The van der Waals surface area contributed by atoms with Crippen LogP contribution >= 0.6 is 22.9 Å². The summed E-state index contributed by atoms with van der Waals surface area (Å²) in [5.74, 6) is 0.720. The minimum Gasteiger partial charge on any atom is -0.361 e. The summed E-state index contributed by atoms with van der Waals surface area (Å²) in [5, 5.41) is 5.39. The second kappa shape index (κ2) is 6.63. The summed E-state index contributed by atoms with van der Waals surface area (Å²) in [7, 11) is 0. The van der Waals surface area contributed by atoms with Gasteiger partial charge in [-0.1, -0.05) is 43.6 Å². The largest absolute Gasteiger partial charge is 0.361 e. The van der Waals surface area contributed by atoms with E-state index in [0.29, 0.717) is 5.02 Å². The van der Waals surface area contributed by atoms with Gasteiger partial charge in [0.2, 0.25) is 0 Å². The van der Waals surface area contributed by atoms with Crippen LogP contribution in [0.2, 0.25) is 5.02 Å². The van der Waals surface area contributed by atoms with Crippen molar-refractivity contribution < 1.29 is 0 Å². The number of thiophene rings is 1. The molecule has 0 amide bonds. The molecule has 2 aromatic heterocycles. The topological polar surface area (TPSA) is 37.8 Å². The summed E-state index contributed by atoms with van der Waals surface area (Å²) in [5.41, 5.74) is 0.880. The number of nitrogens with zero attached hydrogens (tertiary/aromatic N) is 2. The minimum absolute atomic E-state index is 0.203. The standard InChI is InChI=1S/C17H18ClN3S/c1-3-12(15-9-11-7-5-6-8-14(11)22-15)21-17-16(18)13(4-2)19-10-20-17/h5-10,12H,3-4H2,1-2H3,(H,19,20,21). The maximum atomic E-state index is 6.39. The normalized spacial score (nSPS) is 12.5. The molecule has 0 radical (unpaired) electrons. The van der Waals surface area contributed by atoms with Crippen molar-refractivity contribution >= 4 is 38.8 Å². The van der Waals surface area contributed by atoms with Gasteiger partial charge in [-0.3, -0.25) is 0 Å². The highest BCUT2D eigenvalue weighted by molar-refractivity contribution is 7.19. The quantitative estimate of drug-likeness (QED) is 0.673. The third kappa shape index (κ3) is 2.94. The smallest absolute Gasteiger partial charge is 0.149 e. The van der Waals surface area contributed by atoms with Gasteiger partial charge in [-0.05, 0) is 30.4 Å². The van der Waals surface area contributed by atoms with E-state index < -0.39 is 0 Å². The molecule has 114 valence electrons. The second-order valence-electron chi connectivity index (χ2n) is 5.13. The average molecular weight is 332 g/mol. The number of benzene rings is 1. The van der Waals surface area contributed by atoms with Gasteiger partial charge < -0.3 is 5.32 Å². The van der Waals surface area contributed by atoms with Crippen LogP contribution in [0.4, 0.5) is 5.82 Å². The van der Waals surface area contributed by atoms with Crippen LogP contribution in [0.25, 0.3) is 10.1 Å². The Morgan fingerprint density at radius 1 is 1.23 bits per heavy atom. The fraction of sp³-hybridized carbons (Fsp3) is 0.294. The Kier molecular flexibility index (Phi) is 4.60. The van der Waals surface area contributed by atoms with E-state index in [-0.39, 0.29) is 6.04 Å². The van der Waals surface area contributed by atoms with Crippen molar-refractivity contribution in [2.45, 2.75) is 32.7 Å². The van der Waals surface area contributed by atoms with Crippen LogP contribution in [0.1, 0.15) is 36.9 Å². The highest BCUT2D eigenvalue weighted by atomic mass is 35.5. The van der Waals surface area contributed by atoms with E-state index in [0.717, 1.165) is 24.4 Å². The number of anilines is 1. The maximum Gasteiger partial charge on any atom is 0.149 e. The van der Waals surface area contributed by atoms with E-state index in [4.69, 9.17) is 11.6 Å². The number of halogens is 1. The summed E-state index contributed by atoms with van der Waals surface area (Å²) >= 11 is 8.21. The van der Waals surface area contributed by atoms with Crippen LogP contribution in [0, 0.1) is 0 Å². The van der Waals surface area contributed by atoms with Gasteiger partial charge in [0.05, 0.1) is 11.7 Å². The first-order chi connectivity index (χ1) is 10.7. The van der Waals surface area contributed by atoms with Crippen molar-refractivity contribution in [2.24, 2.45) is 0 Å². The molecule has 1 unspecified atom stereocenters. The van der Waals surface area contributed by atoms with Gasteiger partial charge in [-0.25, -0.2) is 9.97 Å². The number of rotatable bonds is 5. The molecule has 2 heterocycles. The van der Waals surface area contributed by atoms with Gasteiger partial charge in [-0.15, -0.1) is 11.3 Å². The number of nitrogens with one attached hydrogen (secondary N) is 1. The Morgan fingerprint density at radius 3 is 2.77 bits per heavy atom. The Balaban J connectivity index is 1.91. The van der Waals surface area contributed by atoms with Gasteiger partial charge in [-0.2, -0.15) is 0 Å². The zero-order valence-corrected chi connectivity index (χ0v) is 14.2. The zero-order chi connectivity index (χ0) is 15.5. The predicted molar refractivity (Wildman–Crippen MR) is 94.9 cm³/mol. The highest BCUT2D eigenvalue weighted by Gasteiger charge is 2.16. The second-order valence-corrected chi connectivity index (χ2v) is 6.62. The molecule has 3 aromatic rings. The van der Waals surface area contributed by atoms with Crippen LogP contribution in [0.3, 0.4) is 0 Å². The first-order valence-electron chi connectivity index (χ1n) is 7.47. The van der Waals surface area contributed by atoms with E-state index in [1.165, 1.54) is 15.0 Å². The van der Waals surface area contributed by atoms with Crippen LogP contribution < -0.4 is 5.32 Å². The Hall–Kier alpha value is -1.65. The molecule has 0 fully saturated rings. The molecule has 0 aliphatic carbocycles. The molecule has 0 spiro atoms. The lowest BCUT2D eigenvalue weighted by molar-refractivity contribution is 0.757. The third-order valence-electron chi connectivity index (χ3n) is 3.70. The molecule has 1 N–H and O–H groups in total. The summed E-state index contributed by atoms with van der Waals surface area (Å²) < 4.78 is 1.31. The first kappa shape index (κ1) is 15.3. The van der Waals surface area contributed by atoms with Gasteiger partial charge in [0.25, 0.3) is 0 Å². The molecular formula is C17H18ClN3S. The maximum absolute atomic E-state index is 6.39. The molecule has 22 heavy (non-hydrogen) atoms. The number of hydrogen-bond acceptors (Lipinski definition) is 4. The molecule has 1 aromatic carbocycles. The third-order valence-corrected chi connectivity index (χ3v) is 5.33. The van der Waals surface area contributed by atoms with Crippen LogP contribution in [0.5, 0.6) is 0 Å². The van der Waals surface area contributed by atoms with Crippen molar-refractivity contribution in [3.63, 3.8) is 0 Å². The molecule has 3 rings (SSSR count). The lowest BCUT2D eigenvalue weighted by Gasteiger charge is -2.17. The van der Waals surface area contributed by atoms with Crippen LogP contribution in [-0.4, -0.2) is 9.97 Å². The number of aromatic nitrogens is 2. The number of aryl methyl sites for hydroxylation is 1. The summed E-state index contributed by atoms with van der Waals surface area (Å²) in [4.78, 5) is 9.82. The molecule has 0 aliphatic rings. The van der Waals surface area contributed by atoms with E-state index in [2.05, 4.69) is 52.5 Å². The predicted octanol–water partition coefficient (Wildman–Crippen LogP) is 5.47. The zero-order valence-electron chi connectivity index (χ0n) is 12.6. The van der Waals surface area contributed by atoms with Crippen molar-refractivity contribution in [3.05, 3.63) is 52.3 Å². The van der Waals surface area contributed by atoms with Crippen molar-refractivity contribution in [3.8, 4) is 0 Å². The molecular weight excluding hydrogens is 314 g/mol. The fourth-order valence-electron chi connectivity index (χ4n) is 2.47. The number of hydrogen-bond donors (Lipinski definition) is 1. The van der Waals surface area contributed by atoms with Crippen LogP contribution in [0.15, 0.2) is 36.7 Å². The summed E-state index contributed by atoms with van der Waals surface area (Å²) in [6.45, 7) is 4.21. The molecule has 5 heteroatoms. The Bertz CT molecular complexity index is 751.